The van der Waals surface area contributed by atoms with E-state index in [9.17, 15) is 4.79 Å². The van der Waals surface area contributed by atoms with Gasteiger partial charge in [0, 0.05) is 18.8 Å². The van der Waals surface area contributed by atoms with Gasteiger partial charge in [-0.05, 0) is 43.9 Å². The molecule has 0 atom stereocenters. The van der Waals surface area contributed by atoms with Crippen LogP contribution in [0.1, 0.15) is 24.0 Å². The van der Waals surface area contributed by atoms with Gasteiger partial charge in [-0.15, -0.1) is 0 Å². The van der Waals surface area contributed by atoms with Crippen molar-refractivity contribution in [2.75, 3.05) is 18.4 Å². The standard InChI is InChI=1S/C13H18N2O/c1-10-6-5-7-12(11(10)2)14-13(16)15-8-3-4-9-15/h5-7H,3-4,8-9H2,1-2H3,(H,14,16). The number of nitrogens with zero attached hydrogens (tertiary/aromatic N) is 1. The van der Waals surface area contributed by atoms with E-state index in [1.807, 2.05) is 24.0 Å². The van der Waals surface area contributed by atoms with Crippen LogP contribution < -0.4 is 5.32 Å². The molecule has 0 spiro atoms. The molecule has 0 aliphatic carbocycles. The van der Waals surface area contributed by atoms with E-state index in [-0.39, 0.29) is 6.03 Å². The molecule has 1 saturated heterocycles. The van der Waals surface area contributed by atoms with Gasteiger partial charge in [0.25, 0.3) is 0 Å². The van der Waals surface area contributed by atoms with Gasteiger partial charge in [-0.1, -0.05) is 12.1 Å². The van der Waals surface area contributed by atoms with E-state index in [2.05, 4.69) is 18.3 Å². The Morgan fingerprint density at radius 2 is 1.94 bits per heavy atom. The average molecular weight is 218 g/mol. The molecule has 1 N–H and O–H groups in total. The van der Waals surface area contributed by atoms with E-state index in [0.717, 1.165) is 37.2 Å². The Morgan fingerprint density at radius 3 is 2.62 bits per heavy atom. The van der Waals surface area contributed by atoms with Crippen LogP contribution in [0.5, 0.6) is 0 Å². The fourth-order valence-electron chi connectivity index (χ4n) is 2.00. The quantitative estimate of drug-likeness (QED) is 0.772. The van der Waals surface area contributed by atoms with Crippen LogP contribution in [0.15, 0.2) is 18.2 Å². The number of carbonyl (C=O) groups excluding carboxylic acids is 1. The number of benzene rings is 1. The van der Waals surface area contributed by atoms with E-state index >= 15 is 0 Å². The van der Waals surface area contributed by atoms with Crippen LogP contribution in [-0.2, 0) is 0 Å². The van der Waals surface area contributed by atoms with E-state index < -0.39 is 0 Å². The summed E-state index contributed by atoms with van der Waals surface area (Å²) in [5, 5.41) is 2.98. The lowest BCUT2D eigenvalue weighted by Gasteiger charge is -2.17. The highest BCUT2D eigenvalue weighted by molar-refractivity contribution is 5.90. The van der Waals surface area contributed by atoms with E-state index in [0.29, 0.717) is 0 Å². The minimum atomic E-state index is 0.0335. The molecule has 2 rings (SSSR count). The number of anilines is 1. The monoisotopic (exact) mass is 218 g/mol. The van der Waals surface area contributed by atoms with Crippen molar-refractivity contribution in [2.45, 2.75) is 26.7 Å². The second-order valence-corrected chi connectivity index (χ2v) is 4.37. The van der Waals surface area contributed by atoms with Crippen LogP contribution in [0, 0.1) is 13.8 Å². The van der Waals surface area contributed by atoms with Crippen LogP contribution in [0.25, 0.3) is 0 Å². The van der Waals surface area contributed by atoms with Gasteiger partial charge in [-0.3, -0.25) is 0 Å². The molecule has 0 unspecified atom stereocenters. The predicted molar refractivity (Wildman–Crippen MR) is 65.7 cm³/mol. The van der Waals surface area contributed by atoms with Crippen LogP contribution in [0.4, 0.5) is 10.5 Å². The lowest BCUT2D eigenvalue weighted by Crippen LogP contribution is -2.32. The van der Waals surface area contributed by atoms with Crippen LogP contribution in [-0.4, -0.2) is 24.0 Å². The maximum Gasteiger partial charge on any atom is 0.321 e. The highest BCUT2D eigenvalue weighted by Crippen LogP contribution is 2.19. The molecule has 3 heteroatoms. The third kappa shape index (κ3) is 2.18. The number of hydrogen-bond donors (Lipinski definition) is 1. The lowest BCUT2D eigenvalue weighted by molar-refractivity contribution is 0.222. The predicted octanol–water partition coefficient (Wildman–Crippen LogP) is 2.93. The number of rotatable bonds is 1. The molecule has 0 bridgehead atoms. The summed E-state index contributed by atoms with van der Waals surface area (Å²) in [5.41, 5.74) is 3.28. The van der Waals surface area contributed by atoms with Gasteiger partial charge in [0.2, 0.25) is 0 Å². The van der Waals surface area contributed by atoms with Gasteiger partial charge in [-0.25, -0.2) is 4.79 Å². The number of nitrogens with one attached hydrogen (secondary N) is 1. The zero-order chi connectivity index (χ0) is 11.5. The third-order valence-corrected chi connectivity index (χ3v) is 3.24. The zero-order valence-corrected chi connectivity index (χ0v) is 9.92. The largest absolute Gasteiger partial charge is 0.325 e. The minimum Gasteiger partial charge on any atom is -0.325 e. The molecular formula is C13H18N2O. The lowest BCUT2D eigenvalue weighted by atomic mass is 10.1. The van der Waals surface area contributed by atoms with Crippen molar-refractivity contribution >= 4 is 11.7 Å². The molecule has 0 radical (unpaired) electrons. The summed E-state index contributed by atoms with van der Waals surface area (Å²) in [6, 6.07) is 6.02. The first kappa shape index (κ1) is 11.0. The fraction of sp³-hybridized carbons (Fsp3) is 0.462. The van der Waals surface area contributed by atoms with Crippen molar-refractivity contribution in [3.63, 3.8) is 0 Å². The summed E-state index contributed by atoms with van der Waals surface area (Å²) in [4.78, 5) is 13.8. The Labute approximate surface area is 96.5 Å². The second-order valence-electron chi connectivity index (χ2n) is 4.37. The Hall–Kier alpha value is -1.51. The van der Waals surface area contributed by atoms with Gasteiger partial charge < -0.3 is 10.2 Å². The van der Waals surface area contributed by atoms with Crippen LogP contribution in [0.2, 0.25) is 0 Å². The topological polar surface area (TPSA) is 32.3 Å². The van der Waals surface area contributed by atoms with Crippen LogP contribution >= 0.6 is 0 Å². The number of likely N-dealkylation sites (tertiary alicyclic amines) is 1. The molecule has 1 fully saturated rings. The van der Waals surface area contributed by atoms with Crippen molar-refractivity contribution in [3.05, 3.63) is 29.3 Å². The normalized spacial score (nSPS) is 15.2. The summed E-state index contributed by atoms with van der Waals surface area (Å²) < 4.78 is 0. The molecule has 0 saturated carbocycles. The van der Waals surface area contributed by atoms with Crippen molar-refractivity contribution in [2.24, 2.45) is 0 Å². The van der Waals surface area contributed by atoms with Crippen molar-refractivity contribution in [1.29, 1.82) is 0 Å². The SMILES string of the molecule is Cc1cccc(NC(=O)N2CCCC2)c1C. The smallest absolute Gasteiger partial charge is 0.321 e. The Kier molecular flexibility index (Phi) is 3.13. The van der Waals surface area contributed by atoms with Gasteiger partial charge >= 0.3 is 6.03 Å². The molecule has 1 aliphatic heterocycles. The Morgan fingerprint density at radius 1 is 1.25 bits per heavy atom. The number of amides is 2. The van der Waals surface area contributed by atoms with Crippen LogP contribution in [0.3, 0.4) is 0 Å². The van der Waals surface area contributed by atoms with E-state index in [1.54, 1.807) is 0 Å². The minimum absolute atomic E-state index is 0.0335. The van der Waals surface area contributed by atoms with E-state index in [4.69, 9.17) is 0 Å². The third-order valence-electron chi connectivity index (χ3n) is 3.24. The summed E-state index contributed by atoms with van der Waals surface area (Å²) >= 11 is 0. The molecule has 1 aromatic carbocycles. The maximum atomic E-state index is 11.9. The summed E-state index contributed by atoms with van der Waals surface area (Å²) in [5.74, 6) is 0. The molecule has 3 nitrogen and oxygen atoms in total. The van der Waals surface area contributed by atoms with Crippen molar-refractivity contribution in [1.82, 2.24) is 4.90 Å². The number of aryl methyl sites for hydroxylation is 1. The molecule has 1 aromatic rings. The molecule has 2 amide bonds. The first-order valence-corrected chi connectivity index (χ1v) is 5.80. The first-order valence-electron chi connectivity index (χ1n) is 5.80. The van der Waals surface area contributed by atoms with Gasteiger partial charge in [0.05, 0.1) is 0 Å². The molecular weight excluding hydrogens is 200 g/mol. The summed E-state index contributed by atoms with van der Waals surface area (Å²) in [7, 11) is 0. The number of hydrogen-bond acceptors (Lipinski definition) is 1. The average Bonchev–Trinajstić information content (AvgIpc) is 2.78. The summed E-state index contributed by atoms with van der Waals surface area (Å²) in [6.07, 6.45) is 2.25. The van der Waals surface area contributed by atoms with Crippen molar-refractivity contribution in [3.8, 4) is 0 Å². The highest BCUT2D eigenvalue weighted by atomic mass is 16.2. The summed E-state index contributed by atoms with van der Waals surface area (Å²) in [6.45, 7) is 5.86. The van der Waals surface area contributed by atoms with Gasteiger partial charge in [0.15, 0.2) is 0 Å². The zero-order valence-electron chi connectivity index (χ0n) is 9.92. The van der Waals surface area contributed by atoms with Gasteiger partial charge in [-0.2, -0.15) is 0 Å². The Bertz CT molecular complexity index is 395. The molecule has 86 valence electrons. The molecule has 16 heavy (non-hydrogen) atoms. The number of urea groups is 1. The first-order chi connectivity index (χ1) is 7.68. The Balaban J connectivity index is 2.08. The molecule has 0 aromatic heterocycles. The highest BCUT2D eigenvalue weighted by Gasteiger charge is 2.18. The van der Waals surface area contributed by atoms with Crippen molar-refractivity contribution < 1.29 is 4.79 Å². The van der Waals surface area contributed by atoms with E-state index in [1.165, 1.54) is 5.56 Å². The second kappa shape index (κ2) is 4.56. The van der Waals surface area contributed by atoms with Gasteiger partial charge in [0.1, 0.15) is 0 Å². The molecule has 1 heterocycles. The number of carbonyl (C=O) groups is 1. The maximum absolute atomic E-state index is 11.9. The fourth-order valence-corrected chi connectivity index (χ4v) is 2.00. The molecule has 1 aliphatic rings.